The predicted octanol–water partition coefficient (Wildman–Crippen LogP) is 1.61. The average Bonchev–Trinajstić information content (AvgIpc) is 2.33. The Bertz CT molecular complexity index is 416. The normalized spacial score (nSPS) is 10.7. The molecule has 0 unspecified atom stereocenters. The van der Waals surface area contributed by atoms with Crippen molar-refractivity contribution in [3.05, 3.63) is 29.3 Å². The Morgan fingerprint density at radius 3 is 2.56 bits per heavy atom. The second-order valence-electron chi connectivity index (χ2n) is 4.67. The Hall–Kier alpha value is -1.55. The van der Waals surface area contributed by atoms with Gasteiger partial charge in [0.05, 0.1) is 6.54 Å². The molecular formula is C14H22N2O2. The zero-order chi connectivity index (χ0) is 13.7. The second-order valence-corrected chi connectivity index (χ2v) is 4.67. The molecule has 0 aliphatic heterocycles. The van der Waals surface area contributed by atoms with Gasteiger partial charge in [0.1, 0.15) is 5.75 Å². The Morgan fingerprint density at radius 2 is 2.00 bits per heavy atom. The number of nitrogens with zero attached hydrogens (tertiary/aromatic N) is 2. The van der Waals surface area contributed by atoms with Gasteiger partial charge in [0.25, 0.3) is 0 Å². The summed E-state index contributed by atoms with van der Waals surface area (Å²) >= 11 is 0. The molecule has 18 heavy (non-hydrogen) atoms. The van der Waals surface area contributed by atoms with E-state index >= 15 is 0 Å². The number of likely N-dealkylation sites (N-methyl/N-ethyl adjacent to an activating group) is 2. The van der Waals surface area contributed by atoms with Crippen LogP contribution in [0.5, 0.6) is 5.75 Å². The van der Waals surface area contributed by atoms with Gasteiger partial charge in [0.15, 0.2) is 0 Å². The van der Waals surface area contributed by atoms with Gasteiger partial charge in [-0.3, -0.25) is 9.69 Å². The highest BCUT2D eigenvalue weighted by Crippen LogP contribution is 2.22. The average molecular weight is 250 g/mol. The molecule has 0 aliphatic carbocycles. The maximum absolute atomic E-state index is 11.7. The van der Waals surface area contributed by atoms with Crippen molar-refractivity contribution >= 4 is 5.91 Å². The van der Waals surface area contributed by atoms with Crippen molar-refractivity contribution in [1.82, 2.24) is 9.80 Å². The van der Waals surface area contributed by atoms with Crippen LogP contribution in [0.4, 0.5) is 0 Å². The summed E-state index contributed by atoms with van der Waals surface area (Å²) < 4.78 is 0. The molecule has 1 aromatic rings. The molecule has 0 atom stereocenters. The number of carbonyl (C=O) groups excluding carboxylic acids is 1. The first-order valence-electron chi connectivity index (χ1n) is 6.15. The number of para-hydroxylation sites is 1. The number of benzene rings is 1. The molecule has 0 spiro atoms. The molecule has 1 amide bonds. The number of phenols is 1. The van der Waals surface area contributed by atoms with Gasteiger partial charge in [-0.2, -0.15) is 0 Å². The van der Waals surface area contributed by atoms with E-state index in [0.717, 1.165) is 17.7 Å². The lowest BCUT2D eigenvalue weighted by atomic mass is 10.1. The third-order valence-corrected chi connectivity index (χ3v) is 3.02. The minimum Gasteiger partial charge on any atom is -0.507 e. The maximum atomic E-state index is 11.7. The molecule has 1 rings (SSSR count). The Kier molecular flexibility index (Phi) is 5.16. The van der Waals surface area contributed by atoms with Crippen molar-refractivity contribution < 1.29 is 9.90 Å². The smallest absolute Gasteiger partial charge is 0.236 e. The van der Waals surface area contributed by atoms with Gasteiger partial charge in [-0.1, -0.05) is 25.1 Å². The van der Waals surface area contributed by atoms with Crippen molar-refractivity contribution in [2.75, 3.05) is 27.2 Å². The van der Waals surface area contributed by atoms with E-state index in [9.17, 15) is 9.90 Å². The van der Waals surface area contributed by atoms with E-state index in [1.807, 2.05) is 36.9 Å². The van der Waals surface area contributed by atoms with Crippen LogP contribution in [-0.2, 0) is 11.3 Å². The van der Waals surface area contributed by atoms with E-state index in [-0.39, 0.29) is 5.91 Å². The van der Waals surface area contributed by atoms with Gasteiger partial charge in [-0.15, -0.1) is 0 Å². The lowest BCUT2D eigenvalue weighted by Gasteiger charge is -2.22. The minimum atomic E-state index is 0.0731. The number of amides is 1. The summed E-state index contributed by atoms with van der Waals surface area (Å²) in [6.07, 6.45) is 0. The second kappa shape index (κ2) is 6.40. The Labute approximate surface area is 109 Å². The fourth-order valence-corrected chi connectivity index (χ4v) is 1.70. The zero-order valence-corrected chi connectivity index (χ0v) is 11.6. The van der Waals surface area contributed by atoms with Crippen molar-refractivity contribution in [2.24, 2.45) is 0 Å². The van der Waals surface area contributed by atoms with Gasteiger partial charge in [0.2, 0.25) is 5.91 Å². The van der Waals surface area contributed by atoms with Crippen LogP contribution in [0.15, 0.2) is 18.2 Å². The number of aryl methyl sites for hydroxylation is 1. The molecule has 0 aromatic heterocycles. The fraction of sp³-hybridized carbons (Fsp3) is 0.500. The van der Waals surface area contributed by atoms with E-state index in [4.69, 9.17) is 0 Å². The number of hydrogen-bond acceptors (Lipinski definition) is 3. The van der Waals surface area contributed by atoms with Crippen LogP contribution in [-0.4, -0.2) is 48.0 Å². The Morgan fingerprint density at radius 1 is 1.33 bits per heavy atom. The SMILES string of the molecule is CCN(CC(=O)N(C)C)Cc1cccc(C)c1O. The number of hydrogen-bond donors (Lipinski definition) is 1. The summed E-state index contributed by atoms with van der Waals surface area (Å²) in [7, 11) is 3.50. The van der Waals surface area contributed by atoms with E-state index in [1.54, 1.807) is 19.0 Å². The van der Waals surface area contributed by atoms with E-state index in [2.05, 4.69) is 0 Å². The molecule has 1 aromatic carbocycles. The summed E-state index contributed by atoms with van der Waals surface area (Å²) in [4.78, 5) is 15.3. The first-order valence-corrected chi connectivity index (χ1v) is 6.15. The third kappa shape index (κ3) is 3.74. The van der Waals surface area contributed by atoms with Crippen molar-refractivity contribution in [3.8, 4) is 5.75 Å². The molecule has 0 aliphatic rings. The summed E-state index contributed by atoms with van der Waals surface area (Å²) in [6.45, 7) is 5.61. The molecule has 0 saturated carbocycles. The molecule has 100 valence electrons. The molecule has 0 heterocycles. The van der Waals surface area contributed by atoms with Crippen LogP contribution < -0.4 is 0 Å². The van der Waals surface area contributed by atoms with Crippen LogP contribution in [0.1, 0.15) is 18.1 Å². The molecular weight excluding hydrogens is 228 g/mol. The van der Waals surface area contributed by atoms with Crippen LogP contribution in [0, 0.1) is 6.92 Å². The van der Waals surface area contributed by atoms with Gasteiger partial charge in [0, 0.05) is 26.2 Å². The van der Waals surface area contributed by atoms with Crippen molar-refractivity contribution in [3.63, 3.8) is 0 Å². The van der Waals surface area contributed by atoms with Crippen LogP contribution in [0.2, 0.25) is 0 Å². The number of phenolic OH excluding ortho intramolecular Hbond substituents is 1. The molecule has 1 N–H and O–H groups in total. The molecule has 4 heteroatoms. The maximum Gasteiger partial charge on any atom is 0.236 e. The minimum absolute atomic E-state index is 0.0731. The summed E-state index contributed by atoms with van der Waals surface area (Å²) in [5.41, 5.74) is 1.73. The van der Waals surface area contributed by atoms with E-state index < -0.39 is 0 Å². The molecule has 4 nitrogen and oxygen atoms in total. The van der Waals surface area contributed by atoms with Crippen LogP contribution >= 0.6 is 0 Å². The highest BCUT2D eigenvalue weighted by atomic mass is 16.3. The lowest BCUT2D eigenvalue weighted by molar-refractivity contribution is -0.130. The lowest BCUT2D eigenvalue weighted by Crippen LogP contribution is -2.36. The summed E-state index contributed by atoms with van der Waals surface area (Å²) in [5, 5.41) is 9.96. The van der Waals surface area contributed by atoms with E-state index in [1.165, 1.54) is 0 Å². The van der Waals surface area contributed by atoms with Gasteiger partial charge in [-0.05, 0) is 19.0 Å². The number of rotatable bonds is 5. The first kappa shape index (κ1) is 14.5. The van der Waals surface area contributed by atoms with E-state index in [0.29, 0.717) is 18.8 Å². The summed E-state index contributed by atoms with van der Waals surface area (Å²) in [5.74, 6) is 0.400. The topological polar surface area (TPSA) is 43.8 Å². The molecule has 0 bridgehead atoms. The Balaban J connectivity index is 2.74. The van der Waals surface area contributed by atoms with Crippen molar-refractivity contribution in [1.29, 1.82) is 0 Å². The van der Waals surface area contributed by atoms with Gasteiger partial charge < -0.3 is 10.0 Å². The van der Waals surface area contributed by atoms with Gasteiger partial charge >= 0.3 is 0 Å². The quantitative estimate of drug-likeness (QED) is 0.863. The molecule has 0 fully saturated rings. The summed E-state index contributed by atoms with van der Waals surface area (Å²) in [6, 6.07) is 5.69. The predicted molar refractivity (Wildman–Crippen MR) is 72.5 cm³/mol. The number of carbonyl (C=O) groups is 1. The fourth-order valence-electron chi connectivity index (χ4n) is 1.70. The monoisotopic (exact) mass is 250 g/mol. The first-order chi connectivity index (χ1) is 8.45. The standard InChI is InChI=1S/C14H22N2O2/c1-5-16(10-13(17)15(3)4)9-12-8-6-7-11(2)14(12)18/h6-8,18H,5,9-10H2,1-4H3. The number of aromatic hydroxyl groups is 1. The zero-order valence-electron chi connectivity index (χ0n) is 11.6. The highest BCUT2D eigenvalue weighted by molar-refractivity contribution is 5.77. The largest absolute Gasteiger partial charge is 0.507 e. The molecule has 0 radical (unpaired) electrons. The van der Waals surface area contributed by atoms with Crippen LogP contribution in [0.25, 0.3) is 0 Å². The van der Waals surface area contributed by atoms with Gasteiger partial charge in [-0.25, -0.2) is 0 Å². The molecule has 0 saturated heterocycles. The highest BCUT2D eigenvalue weighted by Gasteiger charge is 2.13. The van der Waals surface area contributed by atoms with Crippen LogP contribution in [0.3, 0.4) is 0 Å². The third-order valence-electron chi connectivity index (χ3n) is 3.02. The van der Waals surface area contributed by atoms with Crippen molar-refractivity contribution in [2.45, 2.75) is 20.4 Å².